The van der Waals surface area contributed by atoms with Crippen molar-refractivity contribution >= 4 is 55.0 Å². The Balaban J connectivity index is 0.000000122. The van der Waals surface area contributed by atoms with Crippen molar-refractivity contribution in [2.24, 2.45) is 0 Å². The molecule has 0 amide bonds. The lowest BCUT2D eigenvalue weighted by Gasteiger charge is -1.98. The van der Waals surface area contributed by atoms with E-state index in [0.717, 1.165) is 11.1 Å². The molecule has 4 aromatic heterocycles. The van der Waals surface area contributed by atoms with E-state index in [1.807, 2.05) is 36.4 Å². The van der Waals surface area contributed by atoms with E-state index in [0.29, 0.717) is 54.9 Å². The Hall–Kier alpha value is -4.30. The molecule has 0 atom stereocenters. The zero-order valence-electron chi connectivity index (χ0n) is 17.7. The number of hydrogen-bond donors (Lipinski definition) is 0. The summed E-state index contributed by atoms with van der Waals surface area (Å²) in [5, 5.41) is 23.9. The lowest BCUT2D eigenvalue weighted by Crippen LogP contribution is -2.05. The van der Waals surface area contributed by atoms with Crippen molar-refractivity contribution in [3.63, 3.8) is 0 Å². The third-order valence-electron chi connectivity index (χ3n) is 5.73. The number of benzene rings is 2. The molecule has 2 aliphatic rings. The SMILES string of the molecule is O=C1c2ccccc2-c2nc3nnc(Br)n3nc21.O=C1c2ccccc2-c2nn3c(Br)nnc3nc21. The second kappa shape index (κ2) is 7.60. The molecule has 2 aromatic carbocycles. The van der Waals surface area contributed by atoms with Crippen LogP contribution in [0.4, 0.5) is 0 Å². The number of hydrogen-bond acceptors (Lipinski definition) is 10. The molecule has 0 aliphatic heterocycles. The maximum atomic E-state index is 12.2. The van der Waals surface area contributed by atoms with Crippen LogP contribution in [-0.2, 0) is 0 Å². The Morgan fingerprint density at radius 1 is 0.528 bits per heavy atom. The van der Waals surface area contributed by atoms with Gasteiger partial charge >= 0.3 is 0 Å². The van der Waals surface area contributed by atoms with Gasteiger partial charge in [-0.3, -0.25) is 9.59 Å². The van der Waals surface area contributed by atoms with Crippen molar-refractivity contribution in [3.05, 3.63) is 80.5 Å². The van der Waals surface area contributed by atoms with Crippen LogP contribution in [0, 0.1) is 0 Å². The van der Waals surface area contributed by atoms with Gasteiger partial charge in [-0.2, -0.15) is 19.2 Å². The van der Waals surface area contributed by atoms with Crippen LogP contribution < -0.4 is 0 Å². The Kier molecular flexibility index (Phi) is 4.44. The zero-order chi connectivity index (χ0) is 24.6. The van der Waals surface area contributed by atoms with Gasteiger partial charge in [-0.25, -0.2) is 9.97 Å². The van der Waals surface area contributed by atoms with Crippen LogP contribution in [0.1, 0.15) is 32.1 Å². The molecule has 6 aromatic rings. The highest BCUT2D eigenvalue weighted by molar-refractivity contribution is 9.10. The molecule has 2 aliphatic carbocycles. The molecule has 0 unspecified atom stereocenters. The lowest BCUT2D eigenvalue weighted by molar-refractivity contribution is 0.103. The van der Waals surface area contributed by atoms with Gasteiger partial charge in [-0.05, 0) is 31.9 Å². The molecule has 12 nitrogen and oxygen atoms in total. The van der Waals surface area contributed by atoms with Gasteiger partial charge in [0.05, 0.1) is 0 Å². The first-order chi connectivity index (χ1) is 17.5. The number of fused-ring (bicyclic) bond motifs is 8. The van der Waals surface area contributed by atoms with Crippen LogP contribution in [-0.4, -0.2) is 61.2 Å². The second-order valence-electron chi connectivity index (χ2n) is 7.73. The predicted octanol–water partition coefficient (Wildman–Crippen LogP) is 2.99. The quantitative estimate of drug-likeness (QED) is 0.253. The topological polar surface area (TPSA) is 146 Å². The maximum Gasteiger partial charge on any atom is 0.273 e. The number of aromatic nitrogens is 10. The van der Waals surface area contributed by atoms with E-state index in [4.69, 9.17) is 0 Å². The van der Waals surface area contributed by atoms with Gasteiger partial charge in [0.25, 0.3) is 11.6 Å². The van der Waals surface area contributed by atoms with E-state index in [-0.39, 0.29) is 11.6 Å². The van der Waals surface area contributed by atoms with Crippen molar-refractivity contribution < 1.29 is 9.59 Å². The van der Waals surface area contributed by atoms with Crippen molar-refractivity contribution in [2.75, 3.05) is 0 Å². The fourth-order valence-electron chi connectivity index (χ4n) is 4.13. The summed E-state index contributed by atoms with van der Waals surface area (Å²) < 4.78 is 3.76. The molecule has 0 N–H and O–H groups in total. The molecule has 0 spiro atoms. The summed E-state index contributed by atoms with van der Waals surface area (Å²) in [6.07, 6.45) is 0. The van der Waals surface area contributed by atoms with Gasteiger partial charge in [-0.15, -0.1) is 20.4 Å². The minimum Gasteiger partial charge on any atom is -0.287 e. The van der Waals surface area contributed by atoms with Crippen LogP contribution in [0.2, 0.25) is 0 Å². The Morgan fingerprint density at radius 2 is 0.972 bits per heavy atom. The first kappa shape index (κ1) is 21.0. The predicted molar refractivity (Wildman–Crippen MR) is 130 cm³/mol. The van der Waals surface area contributed by atoms with Crippen molar-refractivity contribution in [2.45, 2.75) is 0 Å². The van der Waals surface area contributed by atoms with Crippen molar-refractivity contribution in [1.82, 2.24) is 49.6 Å². The van der Waals surface area contributed by atoms with Crippen LogP contribution in [0.15, 0.2) is 58.0 Å². The van der Waals surface area contributed by atoms with Crippen LogP contribution in [0.3, 0.4) is 0 Å². The molecule has 0 saturated carbocycles. The average molecular weight is 604 g/mol. The van der Waals surface area contributed by atoms with Gasteiger partial charge < -0.3 is 0 Å². The summed E-state index contributed by atoms with van der Waals surface area (Å²) in [5.41, 5.74) is 4.67. The molecule has 172 valence electrons. The molecule has 14 heteroatoms. The summed E-state index contributed by atoms with van der Waals surface area (Å²) in [6, 6.07) is 14.7. The molecule has 0 saturated heterocycles. The number of carbonyl (C=O) groups is 2. The van der Waals surface area contributed by atoms with E-state index in [2.05, 4.69) is 72.4 Å². The second-order valence-corrected chi connectivity index (χ2v) is 9.15. The van der Waals surface area contributed by atoms with E-state index < -0.39 is 0 Å². The number of nitrogens with zero attached hydrogens (tertiary/aromatic N) is 10. The molecular weight excluding hydrogens is 596 g/mol. The third kappa shape index (κ3) is 2.91. The summed E-state index contributed by atoms with van der Waals surface area (Å²) in [7, 11) is 0. The Bertz CT molecular complexity index is 1930. The summed E-state index contributed by atoms with van der Waals surface area (Å²) >= 11 is 6.44. The Labute approximate surface area is 216 Å². The van der Waals surface area contributed by atoms with Gasteiger partial charge in [-0.1, -0.05) is 48.5 Å². The molecule has 0 bridgehead atoms. The minimum absolute atomic E-state index is 0.115. The fourth-order valence-corrected chi connectivity index (χ4v) is 4.76. The standard InChI is InChI=1S/2C11H4BrN5O/c12-10-14-15-11-13-8-7(16-17(10)11)5-3-1-2-4-6(5)9(8)18;12-10-14-15-11-13-7-5-3-1-2-4-6(5)9(18)8(7)16-17(10)11/h2*1-4H. The van der Waals surface area contributed by atoms with Crippen LogP contribution in [0.25, 0.3) is 34.1 Å². The van der Waals surface area contributed by atoms with E-state index in [1.54, 1.807) is 12.1 Å². The molecule has 36 heavy (non-hydrogen) atoms. The highest BCUT2D eigenvalue weighted by Crippen LogP contribution is 2.34. The highest BCUT2D eigenvalue weighted by atomic mass is 79.9. The molecule has 4 heterocycles. The maximum absolute atomic E-state index is 12.2. The van der Waals surface area contributed by atoms with Crippen molar-refractivity contribution in [1.29, 1.82) is 0 Å². The summed E-state index contributed by atoms with van der Waals surface area (Å²) in [6.45, 7) is 0. The fraction of sp³-hybridized carbons (Fsp3) is 0. The highest BCUT2D eigenvalue weighted by Gasteiger charge is 2.32. The van der Waals surface area contributed by atoms with E-state index >= 15 is 0 Å². The average Bonchev–Trinajstić information content (AvgIpc) is 3.62. The molecule has 0 radical (unpaired) electrons. The van der Waals surface area contributed by atoms with Crippen molar-refractivity contribution in [3.8, 4) is 22.5 Å². The number of carbonyl (C=O) groups excluding carboxylic acids is 2. The first-order valence-electron chi connectivity index (χ1n) is 10.4. The number of halogens is 2. The summed E-state index contributed by atoms with van der Waals surface area (Å²) in [5.74, 6) is 0.442. The van der Waals surface area contributed by atoms with Crippen LogP contribution in [0.5, 0.6) is 0 Å². The lowest BCUT2D eigenvalue weighted by atomic mass is 10.1. The van der Waals surface area contributed by atoms with E-state index in [1.165, 1.54) is 9.03 Å². The normalized spacial score (nSPS) is 12.8. The molecular formula is C22H8Br2N10O2. The third-order valence-corrected chi connectivity index (χ3v) is 6.72. The van der Waals surface area contributed by atoms with Gasteiger partial charge in [0, 0.05) is 22.3 Å². The van der Waals surface area contributed by atoms with E-state index in [9.17, 15) is 9.59 Å². The van der Waals surface area contributed by atoms with Gasteiger partial charge in [0.1, 0.15) is 17.1 Å². The Morgan fingerprint density at radius 3 is 1.56 bits per heavy atom. The smallest absolute Gasteiger partial charge is 0.273 e. The van der Waals surface area contributed by atoms with Gasteiger partial charge in [0.2, 0.25) is 21.0 Å². The molecule has 0 fully saturated rings. The monoisotopic (exact) mass is 602 g/mol. The van der Waals surface area contributed by atoms with Gasteiger partial charge in [0.15, 0.2) is 5.69 Å². The number of rotatable bonds is 0. The molecule has 8 rings (SSSR count). The first-order valence-corrected chi connectivity index (χ1v) is 12.0. The summed E-state index contributed by atoms with van der Waals surface area (Å²) in [4.78, 5) is 32.9. The largest absolute Gasteiger partial charge is 0.287 e. The number of ketones is 2. The zero-order valence-corrected chi connectivity index (χ0v) is 20.8. The van der Waals surface area contributed by atoms with Crippen LogP contribution >= 0.6 is 31.9 Å². The minimum atomic E-state index is -0.116.